The highest BCUT2D eigenvalue weighted by Gasteiger charge is 2.40. The van der Waals surface area contributed by atoms with Crippen LogP contribution in [0.15, 0.2) is 39.7 Å². The summed E-state index contributed by atoms with van der Waals surface area (Å²) in [6.07, 6.45) is 2.27. The summed E-state index contributed by atoms with van der Waals surface area (Å²) in [5.74, 6) is 1.21. The van der Waals surface area contributed by atoms with Gasteiger partial charge in [-0.05, 0) is 64.6 Å². The second kappa shape index (κ2) is 10.2. The van der Waals surface area contributed by atoms with Crippen molar-refractivity contribution in [3.63, 3.8) is 0 Å². The third kappa shape index (κ3) is 4.97. The Kier molecular flexibility index (Phi) is 6.57. The van der Waals surface area contributed by atoms with Gasteiger partial charge in [-0.15, -0.1) is 0 Å². The van der Waals surface area contributed by atoms with E-state index in [-0.39, 0.29) is 28.8 Å². The largest absolute Gasteiger partial charge is 0.444 e. The molecule has 0 bridgehead atoms. The molecule has 0 radical (unpaired) electrons. The monoisotopic (exact) mass is 587 g/mol. The molecule has 43 heavy (non-hydrogen) atoms. The number of amides is 2. The molecule has 2 unspecified atom stereocenters. The van der Waals surface area contributed by atoms with Crippen LogP contribution in [0.5, 0.6) is 0 Å². The molecular formula is C31H37N7O5. The summed E-state index contributed by atoms with van der Waals surface area (Å²) < 4.78 is 13.4. The van der Waals surface area contributed by atoms with Gasteiger partial charge in [0.25, 0.3) is 5.91 Å². The second-order valence-electron chi connectivity index (χ2n) is 13.2. The van der Waals surface area contributed by atoms with E-state index in [0.29, 0.717) is 60.5 Å². The number of piperidine rings is 1. The number of rotatable bonds is 3. The Labute approximate surface area is 248 Å². The molecule has 4 aromatic rings. The number of benzene rings is 1. The van der Waals surface area contributed by atoms with Crippen LogP contribution in [-0.4, -0.2) is 94.1 Å². The van der Waals surface area contributed by atoms with Crippen LogP contribution in [0.1, 0.15) is 44.0 Å². The van der Waals surface area contributed by atoms with E-state index in [1.54, 1.807) is 15.5 Å². The van der Waals surface area contributed by atoms with Crippen molar-refractivity contribution in [2.75, 3.05) is 51.2 Å². The Balaban J connectivity index is 1.21. The van der Waals surface area contributed by atoms with Crippen LogP contribution in [0.25, 0.3) is 27.8 Å². The molecular weight excluding hydrogens is 550 g/mol. The maximum atomic E-state index is 13.9. The molecule has 1 N–H and O–H groups in total. The Hall–Kier alpha value is -4.19. The number of anilines is 1. The molecule has 0 spiro atoms. The molecule has 1 aromatic carbocycles. The van der Waals surface area contributed by atoms with E-state index in [4.69, 9.17) is 14.1 Å². The predicted octanol–water partition coefficient (Wildman–Crippen LogP) is 3.12. The first-order valence-electron chi connectivity index (χ1n) is 15.0. The topological polar surface area (TPSA) is 126 Å². The Morgan fingerprint density at radius 1 is 1.05 bits per heavy atom. The molecule has 2 atom stereocenters. The van der Waals surface area contributed by atoms with Gasteiger partial charge < -0.3 is 29.2 Å². The molecule has 3 fully saturated rings. The summed E-state index contributed by atoms with van der Waals surface area (Å²) >= 11 is 0. The lowest BCUT2D eigenvalue weighted by Crippen LogP contribution is -2.48. The van der Waals surface area contributed by atoms with Crippen molar-refractivity contribution in [2.24, 2.45) is 11.8 Å². The van der Waals surface area contributed by atoms with Crippen molar-refractivity contribution in [3.8, 4) is 0 Å². The molecule has 6 heterocycles. The highest BCUT2D eigenvalue weighted by atomic mass is 16.6. The summed E-state index contributed by atoms with van der Waals surface area (Å²) in [7, 11) is 2.16. The molecule has 226 valence electrons. The quantitative estimate of drug-likeness (QED) is 0.385. The number of nitrogens with zero attached hydrogens (tertiary/aromatic N) is 6. The number of para-hydroxylation sites is 2. The van der Waals surface area contributed by atoms with Gasteiger partial charge in [0, 0.05) is 51.5 Å². The van der Waals surface area contributed by atoms with E-state index in [2.05, 4.69) is 27.1 Å². The number of oxazole rings is 1. The van der Waals surface area contributed by atoms with Crippen LogP contribution in [0.3, 0.4) is 0 Å². The first-order chi connectivity index (χ1) is 20.6. The molecule has 0 saturated carbocycles. The molecule has 3 aliphatic rings. The van der Waals surface area contributed by atoms with Gasteiger partial charge in [-0.2, -0.15) is 4.98 Å². The fourth-order valence-electron chi connectivity index (χ4n) is 6.82. The average molecular weight is 588 g/mol. The molecule has 12 nitrogen and oxygen atoms in total. The molecule has 2 amide bonds. The molecule has 7 rings (SSSR count). The van der Waals surface area contributed by atoms with Crippen LogP contribution in [0.2, 0.25) is 0 Å². The molecule has 3 saturated heterocycles. The molecule has 3 aliphatic heterocycles. The molecule has 12 heteroatoms. The fraction of sp³-hybridized carbons (Fsp3) is 0.516. The van der Waals surface area contributed by atoms with Crippen LogP contribution >= 0.6 is 0 Å². The van der Waals surface area contributed by atoms with E-state index >= 15 is 0 Å². The van der Waals surface area contributed by atoms with Crippen molar-refractivity contribution in [2.45, 2.75) is 45.3 Å². The third-order valence-corrected chi connectivity index (χ3v) is 8.83. The van der Waals surface area contributed by atoms with Gasteiger partial charge in [0.15, 0.2) is 11.2 Å². The molecule has 0 aliphatic carbocycles. The number of likely N-dealkylation sites (tertiary alicyclic amines) is 2. The van der Waals surface area contributed by atoms with Gasteiger partial charge >= 0.3 is 6.09 Å². The van der Waals surface area contributed by atoms with Crippen LogP contribution < -0.4 is 15.6 Å². The molecule has 3 aromatic heterocycles. The number of hydrogen-bond donors (Lipinski definition) is 1. The predicted molar refractivity (Wildman–Crippen MR) is 162 cm³/mol. The van der Waals surface area contributed by atoms with Gasteiger partial charge in [0.1, 0.15) is 11.2 Å². The van der Waals surface area contributed by atoms with E-state index in [1.165, 1.54) is 0 Å². The maximum absolute atomic E-state index is 13.9. The highest BCUT2D eigenvalue weighted by Crippen LogP contribution is 2.33. The van der Waals surface area contributed by atoms with Crippen LogP contribution in [0, 0.1) is 11.8 Å². The summed E-state index contributed by atoms with van der Waals surface area (Å²) in [6.45, 7) is 10.3. The van der Waals surface area contributed by atoms with Crippen molar-refractivity contribution in [1.29, 1.82) is 0 Å². The number of fused-ring (bicyclic) bond motifs is 6. The maximum Gasteiger partial charge on any atom is 0.410 e. The summed E-state index contributed by atoms with van der Waals surface area (Å²) in [5.41, 5.74) is 0.726. The normalized spacial score (nSPS) is 21.7. The number of carbonyl (C=O) groups is 2. The van der Waals surface area contributed by atoms with Gasteiger partial charge in [0.05, 0.1) is 10.9 Å². The van der Waals surface area contributed by atoms with Crippen molar-refractivity contribution >= 4 is 45.8 Å². The zero-order chi connectivity index (χ0) is 30.0. The zero-order valence-corrected chi connectivity index (χ0v) is 25.0. The van der Waals surface area contributed by atoms with Crippen molar-refractivity contribution in [3.05, 3.63) is 46.2 Å². The van der Waals surface area contributed by atoms with Gasteiger partial charge in [-0.25, -0.2) is 9.78 Å². The Morgan fingerprint density at radius 2 is 1.74 bits per heavy atom. The smallest absolute Gasteiger partial charge is 0.410 e. The average Bonchev–Trinajstić information content (AvgIpc) is 3.63. The van der Waals surface area contributed by atoms with Crippen LogP contribution in [0.4, 0.5) is 10.7 Å². The Bertz CT molecular complexity index is 1790. The van der Waals surface area contributed by atoms with Crippen molar-refractivity contribution < 1.29 is 18.7 Å². The summed E-state index contributed by atoms with van der Waals surface area (Å²) in [5, 5.41) is 3.28. The second-order valence-corrected chi connectivity index (χ2v) is 13.2. The minimum atomic E-state index is -0.576. The van der Waals surface area contributed by atoms with Gasteiger partial charge in [0.2, 0.25) is 17.1 Å². The van der Waals surface area contributed by atoms with E-state index in [0.717, 1.165) is 26.2 Å². The number of hydrogen-bond acceptors (Lipinski definition) is 9. The van der Waals surface area contributed by atoms with Gasteiger partial charge in [-0.3, -0.25) is 14.0 Å². The van der Waals surface area contributed by atoms with Crippen molar-refractivity contribution in [1.82, 2.24) is 29.5 Å². The number of ether oxygens (including phenoxy) is 1. The van der Waals surface area contributed by atoms with E-state index < -0.39 is 16.9 Å². The van der Waals surface area contributed by atoms with Gasteiger partial charge in [-0.1, -0.05) is 12.1 Å². The van der Waals surface area contributed by atoms with Crippen LogP contribution in [-0.2, 0) is 4.74 Å². The Morgan fingerprint density at radius 3 is 2.44 bits per heavy atom. The number of aromatic nitrogens is 3. The first-order valence-corrected chi connectivity index (χ1v) is 15.0. The lowest BCUT2D eigenvalue weighted by Gasteiger charge is -2.33. The highest BCUT2D eigenvalue weighted by molar-refractivity contribution is 6.04. The fourth-order valence-corrected chi connectivity index (χ4v) is 6.82. The minimum Gasteiger partial charge on any atom is -0.444 e. The summed E-state index contributed by atoms with van der Waals surface area (Å²) in [4.78, 5) is 55.9. The standard InChI is InChI=1S/C31H37N7O5/c1-31(2,3)43-30(41)36-11-9-20(10-12-36)33-27(40)24-25(39)21-13-32-29(37-16-18-14-35(4)15-19(18)17-37)34-26(21)38-22-7-5-6-8-23(22)42-28(24)38/h5-8,13,18-20H,9-12,14-17H2,1-4H3,(H,33,40). The van der Waals surface area contributed by atoms with E-state index in [1.807, 2.05) is 45.0 Å². The lowest BCUT2D eigenvalue weighted by atomic mass is 10.0. The first kappa shape index (κ1) is 27.6. The number of nitrogens with one attached hydrogen (secondary N) is 1. The number of carbonyl (C=O) groups excluding carboxylic acids is 2. The SMILES string of the molecule is CN1CC2CN(c3ncc4c(=O)c(C(=O)NC5CCN(C(=O)OC(C)(C)C)CC5)c5oc6ccccc6n5c4n3)CC2C1. The zero-order valence-electron chi connectivity index (χ0n) is 25.0. The van der Waals surface area contributed by atoms with E-state index in [9.17, 15) is 14.4 Å². The lowest BCUT2D eigenvalue weighted by molar-refractivity contribution is 0.0199. The minimum absolute atomic E-state index is 0.0756. The summed E-state index contributed by atoms with van der Waals surface area (Å²) in [6, 6.07) is 7.23. The number of pyridine rings is 1. The third-order valence-electron chi connectivity index (χ3n) is 8.83.